The Balaban J connectivity index is 1.63. The van der Waals surface area contributed by atoms with Crippen LogP contribution in [0, 0.1) is 34.0 Å². The van der Waals surface area contributed by atoms with Gasteiger partial charge in [-0.1, -0.05) is 20.3 Å². The molecule has 26 heavy (non-hydrogen) atoms. The third kappa shape index (κ3) is 2.51. The highest BCUT2D eigenvalue weighted by atomic mass is 16.5. The third-order valence-electron chi connectivity index (χ3n) is 9.38. The molecule has 2 N–H and O–H groups in total. The highest BCUT2D eigenvalue weighted by Crippen LogP contribution is 2.72. The van der Waals surface area contributed by atoms with E-state index < -0.39 is 5.60 Å². The van der Waals surface area contributed by atoms with E-state index in [1.165, 1.54) is 32.6 Å². The molecule has 5 rings (SSSR count). The molecule has 1 spiro atoms. The molecule has 0 aromatic heterocycles. The van der Waals surface area contributed by atoms with Crippen LogP contribution in [0.3, 0.4) is 0 Å². The lowest BCUT2D eigenvalue weighted by Crippen LogP contribution is -2.66. The van der Waals surface area contributed by atoms with Crippen molar-refractivity contribution in [1.82, 2.24) is 0 Å². The molecule has 5 saturated carbocycles. The third-order valence-corrected chi connectivity index (χ3v) is 9.38. The van der Waals surface area contributed by atoms with Gasteiger partial charge in [-0.25, -0.2) is 0 Å². The Hall–Kier alpha value is -0.610. The molecular weight excluding hydrogens is 328 g/mol. The molecule has 4 heteroatoms. The lowest BCUT2D eigenvalue weighted by Gasteiger charge is -2.70. The van der Waals surface area contributed by atoms with Crippen molar-refractivity contribution in [3.63, 3.8) is 0 Å². The fourth-order valence-electron chi connectivity index (χ4n) is 8.23. The maximum Gasteiger partial charge on any atom is 0.302 e. The van der Waals surface area contributed by atoms with Crippen molar-refractivity contribution in [2.45, 2.75) is 84.2 Å². The van der Waals surface area contributed by atoms with E-state index >= 15 is 0 Å². The van der Waals surface area contributed by atoms with E-state index in [-0.39, 0.29) is 34.7 Å². The first-order valence-corrected chi connectivity index (χ1v) is 10.6. The van der Waals surface area contributed by atoms with Gasteiger partial charge in [-0.15, -0.1) is 0 Å². The predicted molar refractivity (Wildman–Crippen MR) is 99.3 cm³/mol. The van der Waals surface area contributed by atoms with Gasteiger partial charge < -0.3 is 14.9 Å². The van der Waals surface area contributed by atoms with Gasteiger partial charge in [-0.2, -0.15) is 0 Å². The van der Waals surface area contributed by atoms with Crippen LogP contribution in [0.25, 0.3) is 0 Å². The van der Waals surface area contributed by atoms with E-state index in [9.17, 15) is 15.0 Å². The van der Waals surface area contributed by atoms with E-state index in [4.69, 9.17) is 4.74 Å². The maximum absolute atomic E-state index is 11.4. The van der Waals surface area contributed by atoms with Crippen LogP contribution in [0.1, 0.15) is 78.6 Å². The van der Waals surface area contributed by atoms with Crippen molar-refractivity contribution in [1.29, 1.82) is 0 Å². The van der Waals surface area contributed by atoms with E-state index in [1.54, 1.807) is 0 Å². The van der Waals surface area contributed by atoms with Gasteiger partial charge in [0.2, 0.25) is 0 Å². The Morgan fingerprint density at radius 1 is 1.12 bits per heavy atom. The largest absolute Gasteiger partial charge is 0.463 e. The highest BCUT2D eigenvalue weighted by molar-refractivity contribution is 5.66. The SMILES string of the molecule is CC(=O)OC[C@@]1(O)C[C@]23CC[C@@H]1C[C@H]2[C@]1(C)CCC[C@@](C)(CO)[C@H]1CC3. The predicted octanol–water partition coefficient (Wildman–Crippen LogP) is 3.69. The molecule has 7 atom stereocenters. The second-order valence-corrected chi connectivity index (χ2v) is 10.7. The first kappa shape index (κ1) is 18.7. The zero-order valence-electron chi connectivity index (χ0n) is 16.7. The summed E-state index contributed by atoms with van der Waals surface area (Å²) >= 11 is 0. The summed E-state index contributed by atoms with van der Waals surface area (Å²) < 4.78 is 5.27. The van der Waals surface area contributed by atoms with Crippen LogP contribution < -0.4 is 0 Å². The van der Waals surface area contributed by atoms with Crippen molar-refractivity contribution in [3.8, 4) is 0 Å². The molecule has 0 heterocycles. The fourth-order valence-corrected chi connectivity index (χ4v) is 8.23. The van der Waals surface area contributed by atoms with Gasteiger partial charge in [0.15, 0.2) is 0 Å². The maximum atomic E-state index is 11.4. The zero-order valence-corrected chi connectivity index (χ0v) is 16.7. The number of aliphatic hydroxyl groups is 2. The lowest BCUT2D eigenvalue weighted by atomic mass is 9.36. The first-order chi connectivity index (χ1) is 12.2. The number of ether oxygens (including phenoxy) is 1. The van der Waals surface area contributed by atoms with Gasteiger partial charge in [0.05, 0.1) is 0 Å². The quantitative estimate of drug-likeness (QED) is 0.750. The summed E-state index contributed by atoms with van der Waals surface area (Å²) in [6.45, 7) is 6.67. The standard InChI is InChI=1S/C22H36O4/c1-15(24)26-14-22(25)12-21-9-5-16(22)11-18(21)20(3)8-4-7-19(2,13-23)17(20)6-10-21/h16-18,23,25H,4-14H2,1-3H3/t16-,17-,18+,19+,20-,21-,22+/m1/s1. The monoisotopic (exact) mass is 364 g/mol. The van der Waals surface area contributed by atoms with Crippen molar-refractivity contribution >= 4 is 5.97 Å². The molecule has 5 aliphatic rings. The average molecular weight is 365 g/mol. The Morgan fingerprint density at radius 2 is 1.85 bits per heavy atom. The molecule has 5 aliphatic carbocycles. The van der Waals surface area contributed by atoms with Crippen molar-refractivity contribution in [3.05, 3.63) is 0 Å². The van der Waals surface area contributed by atoms with Crippen molar-refractivity contribution in [2.24, 2.45) is 34.0 Å². The number of carbonyl (C=O) groups excluding carboxylic acids is 1. The molecule has 0 aromatic carbocycles. The van der Waals surface area contributed by atoms with Gasteiger partial charge in [0.25, 0.3) is 0 Å². The van der Waals surface area contributed by atoms with Crippen LogP contribution >= 0.6 is 0 Å². The second-order valence-electron chi connectivity index (χ2n) is 10.7. The molecule has 0 radical (unpaired) electrons. The van der Waals surface area contributed by atoms with E-state index in [0.29, 0.717) is 18.4 Å². The molecule has 148 valence electrons. The van der Waals surface area contributed by atoms with Crippen molar-refractivity contribution < 1.29 is 19.7 Å². The van der Waals surface area contributed by atoms with Crippen LogP contribution in [-0.4, -0.2) is 35.0 Å². The number of aliphatic hydroxyl groups excluding tert-OH is 1. The van der Waals surface area contributed by atoms with Gasteiger partial charge in [0.1, 0.15) is 12.2 Å². The minimum absolute atomic E-state index is 0.0549. The van der Waals surface area contributed by atoms with Crippen LogP contribution in [0.5, 0.6) is 0 Å². The number of hydrogen-bond donors (Lipinski definition) is 2. The summed E-state index contributed by atoms with van der Waals surface area (Å²) in [6.07, 6.45) is 10.1. The van der Waals surface area contributed by atoms with E-state index in [0.717, 1.165) is 32.1 Å². The first-order valence-electron chi connectivity index (χ1n) is 10.6. The Labute approximate surface area is 157 Å². The van der Waals surface area contributed by atoms with Crippen molar-refractivity contribution in [2.75, 3.05) is 13.2 Å². The van der Waals surface area contributed by atoms with Crippen LogP contribution in [0.2, 0.25) is 0 Å². The smallest absolute Gasteiger partial charge is 0.302 e. The highest BCUT2D eigenvalue weighted by Gasteiger charge is 2.67. The van der Waals surface area contributed by atoms with Gasteiger partial charge >= 0.3 is 5.97 Å². The van der Waals surface area contributed by atoms with Gasteiger partial charge in [-0.05, 0) is 85.4 Å². The summed E-state index contributed by atoms with van der Waals surface area (Å²) in [6, 6.07) is 0. The molecule has 0 aliphatic heterocycles. The number of hydrogen-bond acceptors (Lipinski definition) is 4. The minimum Gasteiger partial charge on any atom is -0.463 e. The molecule has 2 bridgehead atoms. The van der Waals surface area contributed by atoms with Crippen LogP contribution in [-0.2, 0) is 9.53 Å². The molecule has 5 fully saturated rings. The Morgan fingerprint density at radius 3 is 2.54 bits per heavy atom. The molecule has 0 saturated heterocycles. The molecule has 0 unspecified atom stereocenters. The Kier molecular flexibility index (Phi) is 4.28. The van der Waals surface area contributed by atoms with Gasteiger partial charge in [-0.3, -0.25) is 4.79 Å². The number of esters is 1. The zero-order chi connectivity index (χ0) is 18.8. The summed E-state index contributed by atoms with van der Waals surface area (Å²) in [5.74, 6) is 1.17. The topological polar surface area (TPSA) is 66.8 Å². The summed E-state index contributed by atoms with van der Waals surface area (Å²) in [4.78, 5) is 11.3. The fraction of sp³-hybridized carbons (Fsp3) is 0.955. The summed E-state index contributed by atoms with van der Waals surface area (Å²) in [5, 5.41) is 21.5. The lowest BCUT2D eigenvalue weighted by molar-refractivity contribution is -0.248. The molecule has 0 aromatic rings. The molecule has 0 amide bonds. The molecule has 4 nitrogen and oxygen atoms in total. The van der Waals surface area contributed by atoms with Crippen LogP contribution in [0.15, 0.2) is 0 Å². The normalized spacial score (nSPS) is 52.9. The van der Waals surface area contributed by atoms with E-state index in [1.807, 2.05) is 0 Å². The minimum atomic E-state index is -0.835. The number of rotatable bonds is 3. The molecular formula is C22H36O4. The van der Waals surface area contributed by atoms with E-state index in [2.05, 4.69) is 13.8 Å². The second kappa shape index (κ2) is 5.94. The van der Waals surface area contributed by atoms with Crippen LogP contribution in [0.4, 0.5) is 0 Å². The number of fused-ring (bicyclic) bond motifs is 3. The Bertz CT molecular complexity index is 591. The van der Waals surface area contributed by atoms with Gasteiger partial charge in [0, 0.05) is 13.5 Å². The average Bonchev–Trinajstić information content (AvgIpc) is 2.59. The number of carbonyl (C=O) groups is 1. The summed E-state index contributed by atoms with van der Waals surface area (Å²) in [5.41, 5.74) is -0.310. The summed E-state index contributed by atoms with van der Waals surface area (Å²) in [7, 11) is 0.